The first kappa shape index (κ1) is 21.5. The van der Waals surface area contributed by atoms with E-state index in [2.05, 4.69) is 61.2 Å². The van der Waals surface area contributed by atoms with Gasteiger partial charge in [-0.3, -0.25) is 4.90 Å². The first-order valence-corrected chi connectivity index (χ1v) is 10.6. The van der Waals surface area contributed by atoms with Crippen LogP contribution < -0.4 is 0 Å². The molecule has 156 valence electrons. The summed E-state index contributed by atoms with van der Waals surface area (Å²) in [5.74, 6) is 0. The zero-order chi connectivity index (χ0) is 21.1. The topological polar surface area (TPSA) is 29.5 Å². The first-order valence-electron chi connectivity index (χ1n) is 10.6. The van der Waals surface area contributed by atoms with Gasteiger partial charge in [-0.25, -0.2) is 4.48 Å². The summed E-state index contributed by atoms with van der Waals surface area (Å²) in [5.41, 5.74) is 4.60. The van der Waals surface area contributed by atoms with Crippen molar-refractivity contribution in [2.45, 2.75) is 53.3 Å². The Labute approximate surface area is 175 Å². The minimum atomic E-state index is -0.479. The lowest BCUT2D eigenvalue weighted by Gasteiger charge is -2.42. The van der Waals surface area contributed by atoms with Crippen molar-refractivity contribution in [3.63, 3.8) is 0 Å². The lowest BCUT2D eigenvalue weighted by Crippen LogP contribution is -2.62. The van der Waals surface area contributed by atoms with Crippen LogP contribution in [0.4, 0.5) is 4.79 Å². The maximum absolute atomic E-state index is 13.3. The second-order valence-electron chi connectivity index (χ2n) is 9.41. The van der Waals surface area contributed by atoms with Crippen molar-refractivity contribution in [3.05, 3.63) is 70.8 Å². The van der Waals surface area contributed by atoms with Crippen molar-refractivity contribution >= 4 is 6.09 Å². The summed E-state index contributed by atoms with van der Waals surface area (Å²) in [6, 6.07) is 17.1. The molecule has 1 saturated heterocycles. The van der Waals surface area contributed by atoms with Crippen LogP contribution >= 0.6 is 0 Å². The molecule has 0 bridgehead atoms. The highest BCUT2D eigenvalue weighted by Gasteiger charge is 2.43. The maximum atomic E-state index is 13.3. The van der Waals surface area contributed by atoms with Crippen molar-refractivity contribution in [1.82, 2.24) is 4.90 Å². The van der Waals surface area contributed by atoms with E-state index in [1.165, 1.54) is 22.3 Å². The zero-order valence-corrected chi connectivity index (χ0v) is 18.6. The number of hydrogen-bond acceptors (Lipinski definition) is 3. The number of quaternary nitrogens is 1. The van der Waals surface area contributed by atoms with E-state index < -0.39 is 5.60 Å². The molecule has 2 aromatic rings. The Morgan fingerprint density at radius 2 is 1.62 bits per heavy atom. The Balaban J connectivity index is 1.77. The average molecular weight is 396 g/mol. The SMILES string of the molecule is Cc1ccc(C[N+]2(C(=O)OC(C)(C)C)CCN(Cc3ccccc3)CC2)cc1C. The fraction of sp³-hybridized carbons (Fsp3) is 0.480. The summed E-state index contributed by atoms with van der Waals surface area (Å²) in [4.78, 5) is 15.7. The van der Waals surface area contributed by atoms with E-state index in [1.807, 2.05) is 26.8 Å². The molecule has 0 spiro atoms. The Hall–Kier alpha value is -2.17. The summed E-state index contributed by atoms with van der Waals surface area (Å²) >= 11 is 0. The number of rotatable bonds is 4. The minimum Gasteiger partial charge on any atom is -0.414 e. The highest BCUT2D eigenvalue weighted by Crippen LogP contribution is 2.25. The quantitative estimate of drug-likeness (QED) is 0.677. The van der Waals surface area contributed by atoms with Crippen molar-refractivity contribution in [3.8, 4) is 0 Å². The summed E-state index contributed by atoms with van der Waals surface area (Å²) < 4.78 is 6.24. The van der Waals surface area contributed by atoms with Gasteiger partial charge in [-0.05, 0) is 51.3 Å². The second kappa shape index (κ2) is 8.68. The van der Waals surface area contributed by atoms with Crippen LogP contribution in [0.25, 0.3) is 0 Å². The van der Waals surface area contributed by atoms with Gasteiger partial charge in [0.1, 0.15) is 25.2 Å². The molecule has 1 heterocycles. The van der Waals surface area contributed by atoms with Gasteiger partial charge in [-0.1, -0.05) is 48.5 Å². The minimum absolute atomic E-state index is 0.102. The van der Waals surface area contributed by atoms with Gasteiger partial charge in [-0.2, -0.15) is 4.79 Å². The number of carbonyl (C=O) groups excluding carboxylic acids is 1. The fourth-order valence-corrected chi connectivity index (χ4v) is 3.90. The zero-order valence-electron chi connectivity index (χ0n) is 18.6. The smallest absolute Gasteiger partial charge is 0.414 e. The number of piperazine rings is 1. The van der Waals surface area contributed by atoms with Crippen LogP contribution in [0.15, 0.2) is 48.5 Å². The Kier molecular flexibility index (Phi) is 6.45. The Morgan fingerprint density at radius 3 is 2.21 bits per heavy atom. The Bertz CT molecular complexity index is 832. The highest BCUT2D eigenvalue weighted by atomic mass is 16.6. The molecule has 0 atom stereocenters. The fourth-order valence-electron chi connectivity index (χ4n) is 3.90. The van der Waals surface area contributed by atoms with Gasteiger partial charge in [0.2, 0.25) is 0 Å². The van der Waals surface area contributed by atoms with Crippen molar-refractivity contribution in [2.24, 2.45) is 0 Å². The van der Waals surface area contributed by atoms with Gasteiger partial charge in [-0.15, -0.1) is 0 Å². The molecule has 4 heteroatoms. The van der Waals surface area contributed by atoms with Crippen molar-refractivity contribution in [2.75, 3.05) is 26.2 Å². The van der Waals surface area contributed by atoms with Gasteiger partial charge in [0.25, 0.3) is 0 Å². The number of amides is 1. The molecular formula is C25H35N2O2+. The van der Waals surface area contributed by atoms with E-state index in [0.717, 1.165) is 32.7 Å². The molecule has 29 heavy (non-hydrogen) atoms. The molecule has 0 radical (unpaired) electrons. The molecular weight excluding hydrogens is 360 g/mol. The average Bonchev–Trinajstić information content (AvgIpc) is 2.66. The van der Waals surface area contributed by atoms with Crippen LogP contribution in [0.3, 0.4) is 0 Å². The van der Waals surface area contributed by atoms with Gasteiger partial charge in [0.15, 0.2) is 0 Å². The largest absolute Gasteiger partial charge is 0.516 e. The van der Waals surface area contributed by atoms with E-state index in [-0.39, 0.29) is 6.09 Å². The molecule has 4 nitrogen and oxygen atoms in total. The number of carbonyl (C=O) groups is 1. The predicted octanol–water partition coefficient (Wildman–Crippen LogP) is 5.07. The Morgan fingerprint density at radius 1 is 0.966 bits per heavy atom. The first-order chi connectivity index (χ1) is 13.7. The molecule has 3 rings (SSSR count). The summed E-state index contributed by atoms with van der Waals surface area (Å²) in [7, 11) is 0. The molecule has 0 aliphatic carbocycles. The second-order valence-corrected chi connectivity index (χ2v) is 9.41. The molecule has 1 amide bonds. The van der Waals surface area contributed by atoms with Crippen LogP contribution in [0.2, 0.25) is 0 Å². The molecule has 1 fully saturated rings. The van der Waals surface area contributed by atoms with E-state index in [4.69, 9.17) is 4.74 Å². The molecule has 0 saturated carbocycles. The molecule has 0 aromatic heterocycles. The van der Waals surface area contributed by atoms with Gasteiger partial charge in [0, 0.05) is 25.2 Å². The van der Waals surface area contributed by atoms with Crippen molar-refractivity contribution < 1.29 is 14.0 Å². The third kappa shape index (κ3) is 5.68. The third-order valence-corrected chi connectivity index (χ3v) is 5.77. The summed E-state index contributed by atoms with van der Waals surface area (Å²) in [5, 5.41) is 0. The van der Waals surface area contributed by atoms with Crippen LogP contribution in [0, 0.1) is 13.8 Å². The molecule has 0 unspecified atom stereocenters. The van der Waals surface area contributed by atoms with E-state index >= 15 is 0 Å². The van der Waals surface area contributed by atoms with Crippen molar-refractivity contribution in [1.29, 1.82) is 0 Å². The van der Waals surface area contributed by atoms with Crippen LogP contribution in [-0.4, -0.2) is 47.3 Å². The van der Waals surface area contributed by atoms with Crippen LogP contribution in [0.5, 0.6) is 0 Å². The molecule has 2 aromatic carbocycles. The molecule has 1 aliphatic rings. The van der Waals surface area contributed by atoms with Crippen LogP contribution in [-0.2, 0) is 17.8 Å². The lowest BCUT2D eigenvalue weighted by atomic mass is 10.0. The lowest BCUT2D eigenvalue weighted by molar-refractivity contribution is -0.876. The van der Waals surface area contributed by atoms with Crippen LogP contribution in [0.1, 0.15) is 43.0 Å². The van der Waals surface area contributed by atoms with Gasteiger partial charge >= 0.3 is 6.09 Å². The van der Waals surface area contributed by atoms with Gasteiger partial charge < -0.3 is 4.74 Å². The predicted molar refractivity (Wildman–Crippen MR) is 118 cm³/mol. The molecule has 1 aliphatic heterocycles. The number of benzene rings is 2. The maximum Gasteiger partial charge on any atom is 0.516 e. The number of nitrogens with zero attached hydrogens (tertiary/aromatic N) is 2. The normalized spacial score (nSPS) is 17.1. The summed E-state index contributed by atoms with van der Waals surface area (Å²) in [6.45, 7) is 15.0. The van der Waals surface area contributed by atoms with Gasteiger partial charge in [0.05, 0.1) is 0 Å². The standard InChI is InChI=1S/C25H35N2O2/c1-20-11-12-23(17-21(20)2)19-27(24(28)29-25(3,4)5)15-13-26(14-16-27)18-22-9-7-6-8-10-22/h6-12,17H,13-16,18-19H2,1-5H3/q+1. The third-order valence-electron chi connectivity index (χ3n) is 5.77. The highest BCUT2D eigenvalue weighted by molar-refractivity contribution is 5.60. The monoisotopic (exact) mass is 395 g/mol. The molecule has 0 N–H and O–H groups in total. The van der Waals surface area contributed by atoms with E-state index in [9.17, 15) is 4.79 Å². The van der Waals surface area contributed by atoms with E-state index in [1.54, 1.807) is 0 Å². The number of aryl methyl sites for hydroxylation is 2. The number of ether oxygens (including phenoxy) is 1. The number of hydrogen-bond donors (Lipinski definition) is 0. The van der Waals surface area contributed by atoms with E-state index in [0.29, 0.717) is 11.0 Å². The summed E-state index contributed by atoms with van der Waals surface area (Å²) in [6.07, 6.45) is -0.102.